The third kappa shape index (κ3) is 2.82. The van der Waals surface area contributed by atoms with E-state index >= 15 is 0 Å². The molecule has 0 saturated carbocycles. The Kier molecular flexibility index (Phi) is 3.78. The number of hydrogen-bond acceptors (Lipinski definition) is 5. The molecule has 0 saturated heterocycles. The highest BCUT2D eigenvalue weighted by atomic mass is 32.1. The summed E-state index contributed by atoms with van der Waals surface area (Å²) in [7, 11) is 0. The van der Waals surface area contributed by atoms with E-state index in [0.29, 0.717) is 30.8 Å². The van der Waals surface area contributed by atoms with Gasteiger partial charge in [-0.15, -0.1) is 11.3 Å². The van der Waals surface area contributed by atoms with Crippen LogP contribution in [0.1, 0.15) is 17.0 Å². The van der Waals surface area contributed by atoms with Crippen LogP contribution in [0.5, 0.6) is 0 Å². The maximum Gasteiger partial charge on any atom is 0.228 e. The molecule has 4 aromatic rings. The summed E-state index contributed by atoms with van der Waals surface area (Å²) >= 11 is 1.53. The molecule has 0 aliphatic carbocycles. The van der Waals surface area contributed by atoms with Crippen molar-refractivity contribution in [3.63, 3.8) is 0 Å². The lowest BCUT2D eigenvalue weighted by Crippen LogP contribution is -2.36. The Labute approximate surface area is 157 Å². The standard InChI is InChI=1S/C19H15FN4O2S/c20-15-4-2-1-3-13(15)18-14-11-23(6-5-16(14)26-22-18)17(25)9-12-10-24-7-8-27-19(24)21-12/h1-4,7-8,10H,5-6,9,11H2. The SMILES string of the molecule is O=C(Cc1cn2ccsc2n1)N1CCc2onc(-c3ccccc3F)c2C1. The molecule has 1 amide bonds. The zero-order valence-electron chi connectivity index (χ0n) is 14.3. The third-order valence-electron chi connectivity index (χ3n) is 4.78. The van der Waals surface area contributed by atoms with E-state index in [1.807, 2.05) is 22.2 Å². The summed E-state index contributed by atoms with van der Waals surface area (Å²) in [6, 6.07) is 6.46. The average molecular weight is 382 g/mol. The van der Waals surface area contributed by atoms with E-state index in [1.165, 1.54) is 17.4 Å². The topological polar surface area (TPSA) is 63.6 Å². The smallest absolute Gasteiger partial charge is 0.228 e. The monoisotopic (exact) mass is 382 g/mol. The number of imidazole rings is 1. The van der Waals surface area contributed by atoms with Crippen LogP contribution in [0.3, 0.4) is 0 Å². The summed E-state index contributed by atoms with van der Waals surface area (Å²) in [5, 5.41) is 6.02. The molecule has 136 valence electrons. The Bertz CT molecular complexity index is 1120. The normalized spacial score (nSPS) is 13.9. The number of nitrogens with zero attached hydrogens (tertiary/aromatic N) is 4. The minimum absolute atomic E-state index is 0.00733. The molecule has 0 bridgehead atoms. The Balaban J connectivity index is 1.39. The zero-order chi connectivity index (χ0) is 18.4. The van der Waals surface area contributed by atoms with E-state index in [0.717, 1.165) is 22.0 Å². The summed E-state index contributed by atoms with van der Waals surface area (Å²) in [6.45, 7) is 0.920. The van der Waals surface area contributed by atoms with Crippen molar-refractivity contribution in [2.45, 2.75) is 19.4 Å². The Morgan fingerprint density at radius 3 is 3.07 bits per heavy atom. The molecule has 0 radical (unpaired) electrons. The van der Waals surface area contributed by atoms with Gasteiger partial charge in [0.15, 0.2) is 4.96 Å². The van der Waals surface area contributed by atoms with Crippen LogP contribution in [0.2, 0.25) is 0 Å². The Hall–Kier alpha value is -3.00. The number of fused-ring (bicyclic) bond motifs is 2. The van der Waals surface area contributed by atoms with Gasteiger partial charge in [0, 0.05) is 41.9 Å². The highest BCUT2D eigenvalue weighted by Gasteiger charge is 2.28. The fraction of sp³-hybridized carbons (Fsp3) is 0.211. The van der Waals surface area contributed by atoms with E-state index in [4.69, 9.17) is 4.52 Å². The zero-order valence-corrected chi connectivity index (χ0v) is 15.1. The van der Waals surface area contributed by atoms with Gasteiger partial charge in [0.05, 0.1) is 18.7 Å². The van der Waals surface area contributed by atoms with Crippen LogP contribution in [-0.4, -0.2) is 31.9 Å². The van der Waals surface area contributed by atoms with Crippen LogP contribution in [0.25, 0.3) is 16.2 Å². The largest absolute Gasteiger partial charge is 0.360 e. The Morgan fingerprint density at radius 2 is 2.22 bits per heavy atom. The highest BCUT2D eigenvalue weighted by Crippen LogP contribution is 2.31. The fourth-order valence-electron chi connectivity index (χ4n) is 3.41. The minimum atomic E-state index is -0.352. The number of carbonyl (C=O) groups is 1. The molecular weight excluding hydrogens is 367 g/mol. The maximum atomic E-state index is 14.2. The van der Waals surface area contributed by atoms with E-state index in [1.54, 1.807) is 23.1 Å². The highest BCUT2D eigenvalue weighted by molar-refractivity contribution is 7.15. The average Bonchev–Trinajstić information content (AvgIpc) is 3.36. The van der Waals surface area contributed by atoms with Gasteiger partial charge >= 0.3 is 0 Å². The van der Waals surface area contributed by atoms with Crippen LogP contribution < -0.4 is 0 Å². The second-order valence-electron chi connectivity index (χ2n) is 6.48. The molecular formula is C19H15FN4O2S. The number of rotatable bonds is 3. The van der Waals surface area contributed by atoms with Crippen molar-refractivity contribution in [3.8, 4) is 11.3 Å². The molecule has 6 nitrogen and oxygen atoms in total. The van der Waals surface area contributed by atoms with Crippen molar-refractivity contribution >= 4 is 22.2 Å². The first kappa shape index (κ1) is 16.2. The van der Waals surface area contributed by atoms with E-state index in [2.05, 4.69) is 10.1 Å². The molecule has 0 atom stereocenters. The van der Waals surface area contributed by atoms with E-state index in [-0.39, 0.29) is 18.1 Å². The van der Waals surface area contributed by atoms with Crippen molar-refractivity contribution in [2.24, 2.45) is 0 Å². The third-order valence-corrected chi connectivity index (χ3v) is 5.56. The van der Waals surface area contributed by atoms with Gasteiger partial charge in [0.1, 0.15) is 17.3 Å². The number of aromatic nitrogens is 3. The molecule has 0 spiro atoms. The van der Waals surface area contributed by atoms with Gasteiger partial charge in [-0.2, -0.15) is 0 Å². The second kappa shape index (κ2) is 6.31. The number of amides is 1. The predicted octanol–water partition coefficient (Wildman–Crippen LogP) is 3.32. The van der Waals surface area contributed by atoms with E-state index in [9.17, 15) is 9.18 Å². The van der Waals surface area contributed by atoms with Crippen LogP contribution in [0, 0.1) is 5.82 Å². The van der Waals surface area contributed by atoms with Crippen LogP contribution in [-0.2, 0) is 24.2 Å². The summed E-state index contributed by atoms with van der Waals surface area (Å²) in [5.74, 6) is 0.363. The van der Waals surface area contributed by atoms with Gasteiger partial charge in [0.25, 0.3) is 0 Å². The van der Waals surface area contributed by atoms with Crippen LogP contribution in [0.15, 0.2) is 46.6 Å². The second-order valence-corrected chi connectivity index (χ2v) is 7.35. The van der Waals surface area contributed by atoms with Gasteiger partial charge in [-0.1, -0.05) is 17.3 Å². The summed E-state index contributed by atoms with van der Waals surface area (Å²) < 4.78 is 21.5. The van der Waals surface area contributed by atoms with E-state index < -0.39 is 0 Å². The molecule has 0 unspecified atom stereocenters. The van der Waals surface area contributed by atoms with Gasteiger partial charge in [0.2, 0.25) is 5.91 Å². The first-order chi connectivity index (χ1) is 13.2. The number of hydrogen-bond donors (Lipinski definition) is 0. The molecule has 5 rings (SSSR count). The summed E-state index contributed by atoms with van der Waals surface area (Å²) in [5.41, 5.74) is 2.40. The van der Waals surface area contributed by atoms with Crippen molar-refractivity contribution in [2.75, 3.05) is 6.54 Å². The summed E-state index contributed by atoms with van der Waals surface area (Å²) in [6.07, 6.45) is 4.61. The molecule has 4 heterocycles. The molecule has 3 aromatic heterocycles. The summed E-state index contributed by atoms with van der Waals surface area (Å²) in [4.78, 5) is 19.9. The molecule has 0 fully saturated rings. The quantitative estimate of drug-likeness (QED) is 0.545. The van der Waals surface area contributed by atoms with Gasteiger partial charge in [-0.3, -0.25) is 9.20 Å². The number of thiazole rings is 1. The van der Waals surface area contributed by atoms with Crippen molar-refractivity contribution in [1.29, 1.82) is 0 Å². The van der Waals surface area contributed by atoms with Crippen LogP contribution in [0.4, 0.5) is 4.39 Å². The number of halogens is 1. The molecule has 1 aliphatic heterocycles. The van der Waals surface area contributed by atoms with Gasteiger partial charge < -0.3 is 9.42 Å². The fourth-order valence-corrected chi connectivity index (χ4v) is 4.13. The number of carbonyl (C=O) groups excluding carboxylic acids is 1. The lowest BCUT2D eigenvalue weighted by Gasteiger charge is -2.26. The van der Waals surface area contributed by atoms with Crippen molar-refractivity contribution in [1.82, 2.24) is 19.4 Å². The van der Waals surface area contributed by atoms with Crippen LogP contribution >= 0.6 is 11.3 Å². The first-order valence-corrected chi connectivity index (χ1v) is 9.48. The Morgan fingerprint density at radius 1 is 1.33 bits per heavy atom. The van der Waals surface area contributed by atoms with Crippen molar-refractivity contribution < 1.29 is 13.7 Å². The lowest BCUT2D eigenvalue weighted by molar-refractivity contribution is -0.131. The predicted molar refractivity (Wildman–Crippen MR) is 97.8 cm³/mol. The van der Waals surface area contributed by atoms with Crippen molar-refractivity contribution in [3.05, 3.63) is 64.9 Å². The molecule has 27 heavy (non-hydrogen) atoms. The maximum absolute atomic E-state index is 14.2. The lowest BCUT2D eigenvalue weighted by atomic mass is 10.0. The number of benzene rings is 1. The molecule has 8 heteroatoms. The molecule has 0 N–H and O–H groups in total. The first-order valence-electron chi connectivity index (χ1n) is 8.60. The van der Waals surface area contributed by atoms with Gasteiger partial charge in [-0.25, -0.2) is 9.37 Å². The molecule has 1 aromatic carbocycles. The molecule has 1 aliphatic rings. The minimum Gasteiger partial charge on any atom is -0.360 e. The van der Waals surface area contributed by atoms with Gasteiger partial charge in [-0.05, 0) is 12.1 Å².